The lowest BCUT2D eigenvalue weighted by atomic mass is 10.1. The van der Waals surface area contributed by atoms with Crippen LogP contribution in [-0.4, -0.2) is 19.0 Å². The van der Waals surface area contributed by atoms with Crippen LogP contribution in [0, 0.1) is 0 Å². The highest BCUT2D eigenvalue weighted by Crippen LogP contribution is 2.10. The molecule has 0 aromatic rings. The van der Waals surface area contributed by atoms with Gasteiger partial charge in [-0.25, -0.2) is 8.78 Å². The molecule has 42 valence electrons. The Morgan fingerprint density at radius 3 is 2.14 bits per heavy atom. The van der Waals surface area contributed by atoms with Gasteiger partial charge in [0.2, 0.25) is 0 Å². The molecule has 0 spiro atoms. The number of rotatable bonds is 1. The average Bonchev–Trinajstić information content (AvgIpc) is 1.23. The lowest BCUT2D eigenvalue weighted by Crippen LogP contribution is -2.47. The van der Waals surface area contributed by atoms with Crippen molar-refractivity contribution in [3.8, 4) is 0 Å². The topological polar surface area (TPSA) is 12.0 Å². The van der Waals surface area contributed by atoms with Crippen LogP contribution in [0.3, 0.4) is 0 Å². The summed E-state index contributed by atoms with van der Waals surface area (Å²) in [5, 5.41) is 2.59. The van der Waals surface area contributed by atoms with Crippen LogP contribution in [0.4, 0.5) is 8.78 Å². The minimum absolute atomic E-state index is 0.500. The molecule has 0 unspecified atom stereocenters. The van der Waals surface area contributed by atoms with Gasteiger partial charge in [-0.05, 0) is 13.0 Å². The van der Waals surface area contributed by atoms with Gasteiger partial charge in [-0.3, -0.25) is 0 Å². The Morgan fingerprint density at radius 1 is 1.57 bits per heavy atom. The van der Waals surface area contributed by atoms with Gasteiger partial charge in [0.05, 0.1) is 6.04 Å². The Kier molecular flexibility index (Phi) is 1.23. The van der Waals surface area contributed by atoms with Crippen molar-refractivity contribution in [1.82, 2.24) is 5.32 Å². The monoisotopic (exact) mass is 107 g/mol. The van der Waals surface area contributed by atoms with Crippen LogP contribution in [0.2, 0.25) is 0 Å². The molecule has 0 saturated carbocycles. The SMILES string of the molecule is FC(F)[C@H]1CCN1. The fraction of sp³-hybridized carbons (Fsp3) is 1.00. The first-order valence-corrected chi connectivity index (χ1v) is 2.32. The molecule has 1 N–H and O–H groups in total. The van der Waals surface area contributed by atoms with Gasteiger partial charge in [0, 0.05) is 0 Å². The third kappa shape index (κ3) is 0.881. The minimum atomic E-state index is -2.16. The van der Waals surface area contributed by atoms with Crippen LogP contribution in [0.5, 0.6) is 0 Å². The van der Waals surface area contributed by atoms with Crippen molar-refractivity contribution in [1.29, 1.82) is 0 Å². The molecule has 0 aromatic heterocycles. The molecule has 1 fully saturated rings. The minimum Gasteiger partial charge on any atom is -0.309 e. The molecular formula is C4H7F2N. The van der Waals surface area contributed by atoms with Crippen LogP contribution in [0.1, 0.15) is 6.42 Å². The van der Waals surface area contributed by atoms with E-state index in [0.29, 0.717) is 6.42 Å². The molecule has 0 amide bonds. The Balaban J connectivity index is 2.14. The number of hydrogen-bond acceptors (Lipinski definition) is 1. The van der Waals surface area contributed by atoms with E-state index in [1.165, 1.54) is 0 Å². The summed E-state index contributed by atoms with van der Waals surface area (Å²) in [5.74, 6) is 0. The molecule has 1 saturated heterocycles. The zero-order valence-corrected chi connectivity index (χ0v) is 3.82. The van der Waals surface area contributed by atoms with Gasteiger partial charge >= 0.3 is 0 Å². The van der Waals surface area contributed by atoms with E-state index in [0.717, 1.165) is 6.54 Å². The van der Waals surface area contributed by atoms with Crippen molar-refractivity contribution in [3.63, 3.8) is 0 Å². The average molecular weight is 107 g/mol. The number of hydrogen-bond donors (Lipinski definition) is 1. The van der Waals surface area contributed by atoms with Gasteiger partial charge in [0.15, 0.2) is 0 Å². The van der Waals surface area contributed by atoms with Gasteiger partial charge in [-0.15, -0.1) is 0 Å². The van der Waals surface area contributed by atoms with Crippen molar-refractivity contribution in [2.24, 2.45) is 0 Å². The highest BCUT2D eigenvalue weighted by molar-refractivity contribution is 4.78. The van der Waals surface area contributed by atoms with E-state index >= 15 is 0 Å². The molecule has 1 aliphatic heterocycles. The van der Waals surface area contributed by atoms with E-state index in [2.05, 4.69) is 5.32 Å². The van der Waals surface area contributed by atoms with Crippen LogP contribution in [0.15, 0.2) is 0 Å². The molecule has 1 nitrogen and oxygen atoms in total. The molecule has 1 rings (SSSR count). The Labute approximate surface area is 40.7 Å². The summed E-state index contributed by atoms with van der Waals surface area (Å²) in [5.41, 5.74) is 0. The molecule has 1 atom stereocenters. The first-order valence-electron chi connectivity index (χ1n) is 2.32. The summed E-state index contributed by atoms with van der Waals surface area (Å²) in [7, 11) is 0. The normalized spacial score (nSPS) is 30.4. The molecule has 0 radical (unpaired) electrons. The summed E-state index contributed by atoms with van der Waals surface area (Å²) in [4.78, 5) is 0. The highest BCUT2D eigenvalue weighted by atomic mass is 19.3. The second-order valence-electron chi connectivity index (χ2n) is 1.68. The number of alkyl halides is 2. The zero-order valence-electron chi connectivity index (χ0n) is 3.82. The summed E-state index contributed by atoms with van der Waals surface area (Å²) < 4.78 is 22.8. The van der Waals surface area contributed by atoms with Crippen LogP contribution in [0.25, 0.3) is 0 Å². The Morgan fingerprint density at radius 2 is 2.14 bits per heavy atom. The first kappa shape index (κ1) is 4.97. The van der Waals surface area contributed by atoms with Gasteiger partial charge in [0.25, 0.3) is 6.43 Å². The van der Waals surface area contributed by atoms with Gasteiger partial charge in [-0.2, -0.15) is 0 Å². The van der Waals surface area contributed by atoms with Gasteiger partial charge in [0.1, 0.15) is 0 Å². The maximum absolute atomic E-state index is 11.4. The lowest BCUT2D eigenvalue weighted by Gasteiger charge is -2.26. The quantitative estimate of drug-likeness (QED) is 0.517. The third-order valence-electron chi connectivity index (χ3n) is 1.17. The fourth-order valence-corrected chi connectivity index (χ4v) is 0.526. The van der Waals surface area contributed by atoms with Crippen molar-refractivity contribution < 1.29 is 8.78 Å². The van der Waals surface area contributed by atoms with Gasteiger partial charge in [-0.1, -0.05) is 0 Å². The van der Waals surface area contributed by atoms with Crippen LogP contribution < -0.4 is 5.32 Å². The molecule has 3 heteroatoms. The maximum Gasteiger partial charge on any atom is 0.253 e. The fourth-order valence-electron chi connectivity index (χ4n) is 0.526. The standard InChI is InChI=1S/C4H7F2N/c5-4(6)3-1-2-7-3/h3-4,7H,1-2H2/t3-/m1/s1. The van der Waals surface area contributed by atoms with E-state index in [4.69, 9.17) is 0 Å². The summed E-state index contributed by atoms with van der Waals surface area (Å²) >= 11 is 0. The molecule has 7 heavy (non-hydrogen) atoms. The molecular weight excluding hydrogens is 100 g/mol. The van der Waals surface area contributed by atoms with Crippen LogP contribution in [-0.2, 0) is 0 Å². The summed E-state index contributed by atoms with van der Waals surface area (Å²) in [6.45, 7) is 0.759. The summed E-state index contributed by atoms with van der Waals surface area (Å²) in [6.07, 6.45) is -1.52. The predicted octanol–water partition coefficient (Wildman–Crippen LogP) is 0.613. The Hall–Kier alpha value is -0.180. The van der Waals surface area contributed by atoms with Crippen LogP contribution >= 0.6 is 0 Å². The largest absolute Gasteiger partial charge is 0.309 e. The number of halogens is 2. The zero-order chi connectivity index (χ0) is 5.28. The van der Waals surface area contributed by atoms with Crippen molar-refractivity contribution in [2.75, 3.05) is 6.54 Å². The second-order valence-corrected chi connectivity index (χ2v) is 1.68. The van der Waals surface area contributed by atoms with E-state index < -0.39 is 12.5 Å². The molecule has 1 aliphatic rings. The summed E-state index contributed by atoms with van der Waals surface area (Å²) in [6, 6.07) is -0.500. The molecule has 0 aromatic carbocycles. The van der Waals surface area contributed by atoms with Crippen molar-refractivity contribution in [3.05, 3.63) is 0 Å². The number of nitrogens with one attached hydrogen (secondary N) is 1. The van der Waals surface area contributed by atoms with Crippen molar-refractivity contribution in [2.45, 2.75) is 18.9 Å². The highest BCUT2D eigenvalue weighted by Gasteiger charge is 2.25. The van der Waals surface area contributed by atoms with Crippen molar-refractivity contribution >= 4 is 0 Å². The molecule has 0 bridgehead atoms. The van der Waals surface area contributed by atoms with E-state index in [1.54, 1.807) is 0 Å². The second kappa shape index (κ2) is 1.74. The molecule has 1 heterocycles. The Bertz CT molecular complexity index is 60.7. The smallest absolute Gasteiger partial charge is 0.253 e. The first-order chi connectivity index (χ1) is 3.30. The van der Waals surface area contributed by atoms with E-state index in [-0.39, 0.29) is 0 Å². The lowest BCUT2D eigenvalue weighted by molar-refractivity contribution is 0.0677. The van der Waals surface area contributed by atoms with Gasteiger partial charge < -0.3 is 5.32 Å². The van der Waals surface area contributed by atoms with E-state index in [9.17, 15) is 8.78 Å². The molecule has 0 aliphatic carbocycles. The van der Waals surface area contributed by atoms with E-state index in [1.807, 2.05) is 0 Å². The predicted molar refractivity (Wildman–Crippen MR) is 22.4 cm³/mol. The maximum atomic E-state index is 11.4. The third-order valence-corrected chi connectivity index (χ3v) is 1.17.